The average molecular weight is 253 g/mol. The molecule has 0 spiro atoms. The third kappa shape index (κ3) is 4.58. The summed E-state index contributed by atoms with van der Waals surface area (Å²) >= 11 is 0. The second-order valence-corrected chi connectivity index (χ2v) is 5.90. The maximum atomic E-state index is 11.8. The summed E-state index contributed by atoms with van der Waals surface area (Å²) in [5.74, 6) is 0.920. The van der Waals surface area contributed by atoms with Crippen LogP contribution in [0.25, 0.3) is 0 Å². The predicted molar refractivity (Wildman–Crippen MR) is 72.7 cm³/mol. The van der Waals surface area contributed by atoms with Crippen LogP contribution in [0.5, 0.6) is 0 Å². The number of hydrazine groups is 1. The van der Waals surface area contributed by atoms with Crippen molar-refractivity contribution in [3.8, 4) is 0 Å². The summed E-state index contributed by atoms with van der Waals surface area (Å²) in [6.45, 7) is 2.04. The molecule has 1 aliphatic heterocycles. The molecule has 1 aliphatic carbocycles. The molecule has 0 radical (unpaired) electrons. The molecule has 0 unspecified atom stereocenters. The third-order valence-electron chi connectivity index (χ3n) is 4.31. The van der Waals surface area contributed by atoms with E-state index in [1.807, 2.05) is 0 Å². The molecule has 1 saturated carbocycles. The van der Waals surface area contributed by atoms with Crippen molar-refractivity contribution in [3.05, 3.63) is 0 Å². The molecule has 104 valence electrons. The van der Waals surface area contributed by atoms with Crippen LogP contribution < -0.4 is 11.2 Å². The van der Waals surface area contributed by atoms with E-state index in [-0.39, 0.29) is 5.91 Å². The highest BCUT2D eigenvalue weighted by molar-refractivity contribution is 5.75. The molecule has 0 aromatic heterocycles. The van der Waals surface area contributed by atoms with Gasteiger partial charge in [0.15, 0.2) is 0 Å². The predicted octanol–water partition coefficient (Wildman–Crippen LogP) is 1.80. The van der Waals surface area contributed by atoms with Gasteiger partial charge in [-0.2, -0.15) is 0 Å². The van der Waals surface area contributed by atoms with Crippen LogP contribution in [-0.4, -0.2) is 30.0 Å². The highest BCUT2D eigenvalue weighted by Crippen LogP contribution is 2.26. The summed E-state index contributed by atoms with van der Waals surface area (Å²) in [4.78, 5) is 11.8. The van der Waals surface area contributed by atoms with Gasteiger partial charge in [-0.05, 0) is 50.9 Å². The highest BCUT2D eigenvalue weighted by Gasteiger charge is 2.20. The van der Waals surface area contributed by atoms with Gasteiger partial charge in [0.05, 0.1) is 0 Å². The number of nitrogens with zero attached hydrogens (tertiary/aromatic N) is 1. The van der Waals surface area contributed by atoms with Gasteiger partial charge in [0.25, 0.3) is 0 Å². The molecule has 1 saturated heterocycles. The smallest absolute Gasteiger partial charge is 0.234 e. The lowest BCUT2D eigenvalue weighted by Gasteiger charge is -2.28. The Hall–Kier alpha value is -0.610. The van der Waals surface area contributed by atoms with Crippen molar-refractivity contribution < 1.29 is 4.79 Å². The van der Waals surface area contributed by atoms with Crippen molar-refractivity contribution in [1.82, 2.24) is 10.4 Å². The van der Waals surface area contributed by atoms with Crippen molar-refractivity contribution in [2.75, 3.05) is 13.1 Å². The Balaban J connectivity index is 1.59. The lowest BCUT2D eigenvalue weighted by Crippen LogP contribution is -2.45. The van der Waals surface area contributed by atoms with Crippen LogP contribution >= 0.6 is 0 Å². The fraction of sp³-hybridized carbons (Fsp3) is 0.929. The van der Waals surface area contributed by atoms with Crippen molar-refractivity contribution in [1.29, 1.82) is 0 Å². The maximum Gasteiger partial charge on any atom is 0.234 e. The first kappa shape index (κ1) is 13.8. The fourth-order valence-electron chi connectivity index (χ4n) is 3.05. The number of carbonyl (C=O) groups excluding carboxylic acids is 1. The Morgan fingerprint density at radius 1 is 1.11 bits per heavy atom. The topological polar surface area (TPSA) is 58.4 Å². The molecule has 0 bridgehead atoms. The van der Waals surface area contributed by atoms with Crippen molar-refractivity contribution in [2.45, 2.75) is 63.8 Å². The van der Waals surface area contributed by atoms with E-state index in [9.17, 15) is 4.79 Å². The molecule has 4 nitrogen and oxygen atoms in total. The number of amides is 1. The van der Waals surface area contributed by atoms with Gasteiger partial charge in [-0.1, -0.05) is 6.42 Å². The van der Waals surface area contributed by atoms with E-state index in [4.69, 9.17) is 5.73 Å². The molecule has 4 heteroatoms. The summed E-state index contributed by atoms with van der Waals surface area (Å²) < 4.78 is 0. The molecule has 0 aromatic carbocycles. The molecule has 2 rings (SSSR count). The van der Waals surface area contributed by atoms with Crippen molar-refractivity contribution in [2.24, 2.45) is 11.7 Å². The molecule has 0 aromatic rings. The zero-order valence-corrected chi connectivity index (χ0v) is 11.4. The number of hydrogen-bond donors (Lipinski definition) is 2. The molecule has 1 amide bonds. The minimum Gasteiger partial charge on any atom is -0.328 e. The van der Waals surface area contributed by atoms with Crippen LogP contribution in [0, 0.1) is 5.92 Å². The number of piperidine rings is 1. The first-order valence-electron chi connectivity index (χ1n) is 7.54. The molecule has 1 heterocycles. The lowest BCUT2D eigenvalue weighted by atomic mass is 9.84. The Kier molecular flexibility index (Phi) is 5.45. The second-order valence-electron chi connectivity index (χ2n) is 5.90. The molecular formula is C14H27N3O. The van der Waals surface area contributed by atoms with Gasteiger partial charge in [0.1, 0.15) is 0 Å². The van der Waals surface area contributed by atoms with Crippen LogP contribution in [0.15, 0.2) is 0 Å². The van der Waals surface area contributed by atoms with Gasteiger partial charge in [-0.3, -0.25) is 10.2 Å². The summed E-state index contributed by atoms with van der Waals surface area (Å²) in [6.07, 6.45) is 10.1. The second kappa shape index (κ2) is 7.10. The number of nitrogens with two attached hydrogens (primary N) is 1. The van der Waals surface area contributed by atoms with Crippen molar-refractivity contribution >= 4 is 5.91 Å². The molecule has 0 atom stereocenters. The molecule has 3 N–H and O–H groups in total. The molecule has 18 heavy (non-hydrogen) atoms. The monoisotopic (exact) mass is 253 g/mol. The quantitative estimate of drug-likeness (QED) is 0.803. The average Bonchev–Trinajstić information content (AvgIpc) is 2.39. The van der Waals surface area contributed by atoms with E-state index in [1.165, 1.54) is 32.1 Å². The van der Waals surface area contributed by atoms with Gasteiger partial charge >= 0.3 is 0 Å². The molecular weight excluding hydrogens is 226 g/mol. The van der Waals surface area contributed by atoms with Crippen LogP contribution in [0.2, 0.25) is 0 Å². The Bertz CT molecular complexity index is 256. The molecule has 2 fully saturated rings. The third-order valence-corrected chi connectivity index (χ3v) is 4.31. The fourth-order valence-corrected chi connectivity index (χ4v) is 3.05. The van der Waals surface area contributed by atoms with E-state index in [2.05, 4.69) is 10.4 Å². The largest absolute Gasteiger partial charge is 0.328 e. The van der Waals surface area contributed by atoms with E-state index in [1.54, 1.807) is 0 Å². The first-order chi connectivity index (χ1) is 8.74. The number of rotatable bonds is 4. The van der Waals surface area contributed by atoms with Gasteiger partial charge in [0, 0.05) is 25.6 Å². The maximum absolute atomic E-state index is 11.8. The zero-order valence-electron chi connectivity index (χ0n) is 11.4. The van der Waals surface area contributed by atoms with E-state index >= 15 is 0 Å². The number of hydrogen-bond acceptors (Lipinski definition) is 3. The van der Waals surface area contributed by atoms with Crippen LogP contribution in [-0.2, 0) is 4.79 Å². The number of carbonyl (C=O) groups is 1. The summed E-state index contributed by atoms with van der Waals surface area (Å²) in [5.41, 5.74) is 8.93. The Morgan fingerprint density at radius 2 is 1.78 bits per heavy atom. The number of nitrogens with one attached hydrogen (secondary N) is 1. The zero-order chi connectivity index (χ0) is 12.8. The summed E-state index contributed by atoms with van der Waals surface area (Å²) in [6, 6.07) is 0.406. The normalized spacial score (nSPS) is 30.1. The van der Waals surface area contributed by atoms with E-state index in [0.717, 1.165) is 38.3 Å². The van der Waals surface area contributed by atoms with Crippen LogP contribution in [0.4, 0.5) is 0 Å². The first-order valence-corrected chi connectivity index (χ1v) is 7.54. The van der Waals surface area contributed by atoms with Gasteiger partial charge in [0.2, 0.25) is 5.91 Å². The molecule has 2 aliphatic rings. The van der Waals surface area contributed by atoms with Gasteiger partial charge in [-0.25, -0.2) is 5.01 Å². The van der Waals surface area contributed by atoms with Crippen LogP contribution in [0.3, 0.4) is 0 Å². The van der Waals surface area contributed by atoms with Crippen molar-refractivity contribution in [3.63, 3.8) is 0 Å². The van der Waals surface area contributed by atoms with E-state index in [0.29, 0.717) is 12.5 Å². The van der Waals surface area contributed by atoms with Gasteiger partial charge in [-0.15, -0.1) is 0 Å². The van der Waals surface area contributed by atoms with Crippen LogP contribution in [0.1, 0.15) is 57.8 Å². The van der Waals surface area contributed by atoms with E-state index < -0.39 is 0 Å². The lowest BCUT2D eigenvalue weighted by molar-refractivity contribution is -0.126. The standard InChI is InChI=1S/C14H27N3O/c15-13-7-4-12(5-8-13)6-9-14(18)16-17-10-2-1-3-11-17/h12-13H,1-11,15H2,(H,16,18). The minimum absolute atomic E-state index is 0.201. The minimum atomic E-state index is 0.201. The SMILES string of the molecule is NC1CCC(CCC(=O)NN2CCCCC2)CC1. The van der Waals surface area contributed by atoms with Gasteiger partial charge < -0.3 is 5.73 Å². The Morgan fingerprint density at radius 3 is 2.44 bits per heavy atom. The summed E-state index contributed by atoms with van der Waals surface area (Å²) in [5, 5.41) is 2.09. The summed E-state index contributed by atoms with van der Waals surface area (Å²) in [7, 11) is 0. The highest BCUT2D eigenvalue weighted by atomic mass is 16.2. The Labute approximate surface area is 110 Å².